The lowest BCUT2D eigenvalue weighted by Gasteiger charge is -2.37. The molecule has 2 nitrogen and oxygen atoms in total. The van der Waals surface area contributed by atoms with E-state index in [9.17, 15) is 0 Å². The molecule has 4 unspecified atom stereocenters. The lowest BCUT2D eigenvalue weighted by molar-refractivity contribution is -0.221. The zero-order chi connectivity index (χ0) is 9.14. The molecule has 4 atom stereocenters. The molecule has 72 valence electrons. The van der Waals surface area contributed by atoms with Gasteiger partial charge in [-0.15, -0.1) is 0 Å². The van der Waals surface area contributed by atoms with Crippen LogP contribution in [0, 0.1) is 11.8 Å². The van der Waals surface area contributed by atoms with E-state index < -0.39 is 0 Å². The van der Waals surface area contributed by atoms with Gasteiger partial charge in [-0.25, -0.2) is 0 Å². The summed E-state index contributed by atoms with van der Waals surface area (Å²) in [5, 5.41) is 0. The fourth-order valence-electron chi connectivity index (χ4n) is 2.08. The first kappa shape index (κ1) is 10.0. The summed E-state index contributed by atoms with van der Waals surface area (Å²) in [6.07, 6.45) is 2.72. The molecule has 0 bridgehead atoms. The van der Waals surface area contributed by atoms with E-state index in [1.165, 1.54) is 6.42 Å². The number of hydrogen-bond donors (Lipinski definition) is 0. The van der Waals surface area contributed by atoms with Crippen molar-refractivity contribution in [3.63, 3.8) is 0 Å². The predicted octanol–water partition coefficient (Wildman–Crippen LogP) is 2.43. The Labute approximate surface area is 75.2 Å². The SMILES string of the molecule is CCC1OC(OC)C(C)CC1C. The topological polar surface area (TPSA) is 18.5 Å². The zero-order valence-corrected chi connectivity index (χ0v) is 8.54. The van der Waals surface area contributed by atoms with Gasteiger partial charge in [0.05, 0.1) is 6.10 Å². The lowest BCUT2D eigenvalue weighted by Crippen LogP contribution is -2.39. The Balaban J connectivity index is 2.50. The predicted molar refractivity (Wildman–Crippen MR) is 48.9 cm³/mol. The quantitative estimate of drug-likeness (QED) is 0.637. The van der Waals surface area contributed by atoms with Gasteiger partial charge in [-0.3, -0.25) is 0 Å². The minimum absolute atomic E-state index is 0.0196. The molecule has 0 amide bonds. The minimum atomic E-state index is 0.0196. The van der Waals surface area contributed by atoms with Crippen LogP contribution in [0.25, 0.3) is 0 Å². The van der Waals surface area contributed by atoms with Gasteiger partial charge in [-0.05, 0) is 18.8 Å². The highest BCUT2D eigenvalue weighted by Crippen LogP contribution is 2.30. The molecular formula is C10H20O2. The summed E-state index contributed by atoms with van der Waals surface area (Å²) < 4.78 is 11.0. The van der Waals surface area contributed by atoms with Gasteiger partial charge in [-0.2, -0.15) is 0 Å². The molecule has 12 heavy (non-hydrogen) atoms. The van der Waals surface area contributed by atoms with Crippen LogP contribution in [-0.4, -0.2) is 19.5 Å². The molecule has 1 heterocycles. The van der Waals surface area contributed by atoms with E-state index in [1.807, 2.05) is 0 Å². The second kappa shape index (κ2) is 4.24. The van der Waals surface area contributed by atoms with Crippen molar-refractivity contribution < 1.29 is 9.47 Å². The van der Waals surface area contributed by atoms with Crippen molar-refractivity contribution in [3.05, 3.63) is 0 Å². The molecule has 1 aliphatic heterocycles. The Morgan fingerprint density at radius 1 is 1.33 bits per heavy atom. The van der Waals surface area contributed by atoms with E-state index in [-0.39, 0.29) is 6.29 Å². The van der Waals surface area contributed by atoms with Crippen molar-refractivity contribution in [1.82, 2.24) is 0 Å². The molecule has 1 aliphatic rings. The van der Waals surface area contributed by atoms with Gasteiger partial charge in [0, 0.05) is 13.0 Å². The van der Waals surface area contributed by atoms with Crippen LogP contribution in [0.3, 0.4) is 0 Å². The average Bonchev–Trinajstić information content (AvgIpc) is 2.05. The maximum absolute atomic E-state index is 5.79. The first-order valence-electron chi connectivity index (χ1n) is 4.87. The Bertz CT molecular complexity index is 122. The summed E-state index contributed by atoms with van der Waals surface area (Å²) in [6.45, 7) is 6.62. The van der Waals surface area contributed by atoms with Crippen LogP contribution >= 0.6 is 0 Å². The molecule has 0 aromatic rings. The van der Waals surface area contributed by atoms with E-state index >= 15 is 0 Å². The highest BCUT2D eigenvalue weighted by molar-refractivity contribution is 4.75. The summed E-state index contributed by atoms with van der Waals surface area (Å²) in [4.78, 5) is 0. The molecule has 2 heteroatoms. The Kier molecular flexibility index (Phi) is 3.53. The third-order valence-corrected chi connectivity index (χ3v) is 2.79. The van der Waals surface area contributed by atoms with Crippen molar-refractivity contribution in [2.24, 2.45) is 11.8 Å². The van der Waals surface area contributed by atoms with Gasteiger partial charge in [-0.1, -0.05) is 20.8 Å². The van der Waals surface area contributed by atoms with E-state index in [2.05, 4.69) is 20.8 Å². The molecule has 0 N–H and O–H groups in total. The Hall–Kier alpha value is -0.0800. The van der Waals surface area contributed by atoms with Crippen LogP contribution in [0.2, 0.25) is 0 Å². The largest absolute Gasteiger partial charge is 0.356 e. The summed E-state index contributed by atoms with van der Waals surface area (Å²) in [5.41, 5.74) is 0. The molecule has 0 saturated carbocycles. The van der Waals surface area contributed by atoms with E-state index in [4.69, 9.17) is 9.47 Å². The number of methoxy groups -OCH3 is 1. The van der Waals surface area contributed by atoms with Gasteiger partial charge in [0.1, 0.15) is 0 Å². The van der Waals surface area contributed by atoms with Crippen LogP contribution in [0.1, 0.15) is 33.6 Å². The fourth-order valence-corrected chi connectivity index (χ4v) is 2.08. The first-order valence-corrected chi connectivity index (χ1v) is 4.87. The molecule has 0 aromatic heterocycles. The van der Waals surface area contributed by atoms with Crippen LogP contribution in [0.15, 0.2) is 0 Å². The van der Waals surface area contributed by atoms with Gasteiger partial charge >= 0.3 is 0 Å². The number of hydrogen-bond acceptors (Lipinski definition) is 2. The fraction of sp³-hybridized carbons (Fsp3) is 1.00. The Morgan fingerprint density at radius 2 is 2.00 bits per heavy atom. The Morgan fingerprint density at radius 3 is 2.50 bits per heavy atom. The van der Waals surface area contributed by atoms with Gasteiger partial charge in [0.15, 0.2) is 6.29 Å². The smallest absolute Gasteiger partial charge is 0.160 e. The normalized spacial score (nSPS) is 43.0. The molecule has 1 rings (SSSR count). The second-order valence-corrected chi connectivity index (χ2v) is 3.88. The van der Waals surface area contributed by atoms with E-state index in [0.29, 0.717) is 17.9 Å². The molecule has 0 aromatic carbocycles. The highest BCUT2D eigenvalue weighted by atomic mass is 16.7. The van der Waals surface area contributed by atoms with E-state index in [1.54, 1.807) is 7.11 Å². The standard InChI is InChI=1S/C10H20O2/c1-5-9-7(2)6-8(3)10(11-4)12-9/h7-10H,5-6H2,1-4H3. The zero-order valence-electron chi connectivity index (χ0n) is 8.54. The van der Waals surface area contributed by atoms with E-state index in [0.717, 1.165) is 6.42 Å². The molecule has 0 radical (unpaired) electrons. The van der Waals surface area contributed by atoms with Crippen molar-refractivity contribution in [1.29, 1.82) is 0 Å². The van der Waals surface area contributed by atoms with Gasteiger partial charge in [0.2, 0.25) is 0 Å². The van der Waals surface area contributed by atoms with Crippen LogP contribution in [-0.2, 0) is 9.47 Å². The van der Waals surface area contributed by atoms with Crippen molar-refractivity contribution >= 4 is 0 Å². The van der Waals surface area contributed by atoms with Gasteiger partial charge in [0.25, 0.3) is 0 Å². The van der Waals surface area contributed by atoms with Crippen molar-refractivity contribution in [3.8, 4) is 0 Å². The van der Waals surface area contributed by atoms with Crippen molar-refractivity contribution in [2.75, 3.05) is 7.11 Å². The highest BCUT2D eigenvalue weighted by Gasteiger charge is 2.32. The molecule has 0 spiro atoms. The number of ether oxygens (including phenoxy) is 2. The van der Waals surface area contributed by atoms with Crippen LogP contribution < -0.4 is 0 Å². The molecule has 1 saturated heterocycles. The van der Waals surface area contributed by atoms with Gasteiger partial charge < -0.3 is 9.47 Å². The summed E-state index contributed by atoms with van der Waals surface area (Å²) in [7, 11) is 1.73. The molecular weight excluding hydrogens is 152 g/mol. The average molecular weight is 172 g/mol. The maximum Gasteiger partial charge on any atom is 0.160 e. The minimum Gasteiger partial charge on any atom is -0.356 e. The summed E-state index contributed by atoms with van der Waals surface area (Å²) in [5.74, 6) is 1.21. The van der Waals surface area contributed by atoms with Crippen molar-refractivity contribution in [2.45, 2.75) is 46.0 Å². The lowest BCUT2D eigenvalue weighted by atomic mass is 9.88. The van der Waals surface area contributed by atoms with Crippen LogP contribution in [0.4, 0.5) is 0 Å². The third kappa shape index (κ3) is 1.99. The maximum atomic E-state index is 5.79. The monoisotopic (exact) mass is 172 g/mol. The summed E-state index contributed by atoms with van der Waals surface area (Å²) >= 11 is 0. The second-order valence-electron chi connectivity index (χ2n) is 3.88. The number of rotatable bonds is 2. The third-order valence-electron chi connectivity index (χ3n) is 2.79. The summed E-state index contributed by atoms with van der Waals surface area (Å²) in [6, 6.07) is 0. The first-order chi connectivity index (χ1) is 5.69. The molecule has 1 fully saturated rings. The van der Waals surface area contributed by atoms with Crippen LogP contribution in [0.5, 0.6) is 0 Å². The molecule has 0 aliphatic carbocycles.